The van der Waals surface area contributed by atoms with Gasteiger partial charge < -0.3 is 23.7 Å². The molecule has 2 heterocycles. The third-order valence-electron chi connectivity index (χ3n) is 4.25. The molecule has 2 saturated heterocycles. The fourth-order valence-corrected chi connectivity index (χ4v) is 2.93. The number of benzene rings is 1. The van der Waals surface area contributed by atoms with Gasteiger partial charge in [0.15, 0.2) is 24.1 Å². The van der Waals surface area contributed by atoms with Crippen molar-refractivity contribution in [2.75, 3.05) is 19.8 Å². The number of hydrogen-bond acceptors (Lipinski definition) is 6. The minimum absolute atomic E-state index is 0.281. The standard InChI is InChI=1S/C19H26O6/c1-2-21-19(20)14-9-10-15(24-17-7-3-5-11-22-17)16(13-14)25-18-8-4-6-12-23-18/h9-10,13,17-18H,2-8,11-12H2,1H3/t17-,18+/m1/s1. The highest BCUT2D eigenvalue weighted by Crippen LogP contribution is 2.33. The first-order chi connectivity index (χ1) is 12.3. The van der Waals surface area contributed by atoms with Crippen molar-refractivity contribution in [1.29, 1.82) is 0 Å². The third kappa shape index (κ3) is 5.09. The van der Waals surface area contributed by atoms with Crippen LogP contribution in [0.5, 0.6) is 11.5 Å². The zero-order chi connectivity index (χ0) is 17.5. The van der Waals surface area contributed by atoms with Gasteiger partial charge in [-0.15, -0.1) is 0 Å². The summed E-state index contributed by atoms with van der Waals surface area (Å²) in [6, 6.07) is 5.08. The van der Waals surface area contributed by atoms with Crippen molar-refractivity contribution in [3.8, 4) is 11.5 Å². The number of esters is 1. The number of carbonyl (C=O) groups is 1. The maximum Gasteiger partial charge on any atom is 0.338 e. The third-order valence-corrected chi connectivity index (χ3v) is 4.25. The van der Waals surface area contributed by atoms with Gasteiger partial charge in [0.1, 0.15) is 0 Å². The molecule has 2 atom stereocenters. The van der Waals surface area contributed by atoms with Gasteiger partial charge in [-0.25, -0.2) is 4.79 Å². The van der Waals surface area contributed by atoms with Crippen LogP contribution >= 0.6 is 0 Å². The monoisotopic (exact) mass is 350 g/mol. The van der Waals surface area contributed by atoms with E-state index in [0.717, 1.165) is 38.5 Å². The molecule has 0 N–H and O–H groups in total. The first-order valence-electron chi connectivity index (χ1n) is 9.14. The Morgan fingerprint density at radius 2 is 1.64 bits per heavy atom. The van der Waals surface area contributed by atoms with Crippen molar-refractivity contribution in [1.82, 2.24) is 0 Å². The van der Waals surface area contributed by atoms with Gasteiger partial charge in [-0.05, 0) is 50.8 Å². The zero-order valence-corrected chi connectivity index (χ0v) is 14.7. The van der Waals surface area contributed by atoms with Crippen LogP contribution in [-0.4, -0.2) is 38.4 Å². The summed E-state index contributed by atoms with van der Waals surface area (Å²) in [6.45, 7) is 3.50. The van der Waals surface area contributed by atoms with E-state index in [9.17, 15) is 4.79 Å². The Balaban J connectivity index is 1.77. The van der Waals surface area contributed by atoms with Crippen molar-refractivity contribution in [2.24, 2.45) is 0 Å². The predicted octanol–water partition coefficient (Wildman–Crippen LogP) is 3.67. The molecule has 0 unspecified atom stereocenters. The summed E-state index contributed by atoms with van der Waals surface area (Å²) in [5.41, 5.74) is 0.435. The second-order valence-electron chi connectivity index (χ2n) is 6.21. The zero-order valence-electron chi connectivity index (χ0n) is 14.7. The van der Waals surface area contributed by atoms with Crippen molar-refractivity contribution < 1.29 is 28.5 Å². The van der Waals surface area contributed by atoms with Crippen molar-refractivity contribution in [2.45, 2.75) is 58.0 Å². The minimum Gasteiger partial charge on any atom is -0.462 e. The lowest BCUT2D eigenvalue weighted by Crippen LogP contribution is -2.27. The molecule has 0 saturated carbocycles. The second kappa shape index (κ2) is 9.06. The Kier molecular flexibility index (Phi) is 6.53. The molecule has 0 spiro atoms. The van der Waals surface area contributed by atoms with E-state index in [0.29, 0.717) is 36.9 Å². The largest absolute Gasteiger partial charge is 0.462 e. The Bertz CT molecular complexity index is 561. The number of hydrogen-bond donors (Lipinski definition) is 0. The molecule has 2 aliphatic heterocycles. The van der Waals surface area contributed by atoms with E-state index in [1.807, 2.05) is 0 Å². The smallest absolute Gasteiger partial charge is 0.338 e. The normalized spacial score (nSPS) is 23.7. The molecule has 0 amide bonds. The molecular formula is C19H26O6. The lowest BCUT2D eigenvalue weighted by atomic mass is 10.1. The lowest BCUT2D eigenvalue weighted by molar-refractivity contribution is -0.119. The molecule has 0 aliphatic carbocycles. The molecule has 1 aromatic rings. The SMILES string of the molecule is CCOC(=O)c1ccc(O[C@@H]2CCCCO2)c(O[C@H]2CCCCO2)c1. The highest BCUT2D eigenvalue weighted by atomic mass is 16.7. The molecule has 0 bridgehead atoms. The Hall–Kier alpha value is -1.79. The summed E-state index contributed by atoms with van der Waals surface area (Å²) in [4.78, 5) is 12.0. The highest BCUT2D eigenvalue weighted by molar-refractivity contribution is 5.90. The van der Waals surface area contributed by atoms with E-state index >= 15 is 0 Å². The average Bonchev–Trinajstić information content (AvgIpc) is 2.65. The van der Waals surface area contributed by atoms with Crippen LogP contribution in [0, 0.1) is 0 Å². The molecule has 1 aromatic carbocycles. The maximum atomic E-state index is 12.0. The molecule has 138 valence electrons. The second-order valence-corrected chi connectivity index (χ2v) is 6.21. The van der Waals surface area contributed by atoms with E-state index in [2.05, 4.69) is 0 Å². The van der Waals surface area contributed by atoms with Crippen LogP contribution in [0.4, 0.5) is 0 Å². The van der Waals surface area contributed by atoms with Crippen LogP contribution in [0.15, 0.2) is 18.2 Å². The minimum atomic E-state index is -0.377. The predicted molar refractivity (Wildman–Crippen MR) is 90.8 cm³/mol. The van der Waals surface area contributed by atoms with Crippen molar-refractivity contribution >= 4 is 5.97 Å². The average molecular weight is 350 g/mol. The van der Waals surface area contributed by atoms with Gasteiger partial charge >= 0.3 is 5.97 Å². The fourth-order valence-electron chi connectivity index (χ4n) is 2.93. The van der Waals surface area contributed by atoms with Crippen molar-refractivity contribution in [3.63, 3.8) is 0 Å². The first kappa shape index (κ1) is 18.0. The Labute approximate surface area is 148 Å². The van der Waals surface area contributed by atoms with E-state index < -0.39 is 0 Å². The topological polar surface area (TPSA) is 63.2 Å². The van der Waals surface area contributed by atoms with E-state index in [-0.39, 0.29) is 18.5 Å². The Morgan fingerprint density at radius 3 is 2.20 bits per heavy atom. The van der Waals surface area contributed by atoms with Gasteiger partial charge in [-0.3, -0.25) is 0 Å². The summed E-state index contributed by atoms with van der Waals surface area (Å²) in [5, 5.41) is 0. The van der Waals surface area contributed by atoms with Gasteiger partial charge in [0, 0.05) is 12.8 Å². The van der Waals surface area contributed by atoms with E-state index in [1.54, 1.807) is 25.1 Å². The Morgan fingerprint density at radius 1 is 1.00 bits per heavy atom. The summed E-state index contributed by atoms with van der Waals surface area (Å²) in [7, 11) is 0. The van der Waals surface area contributed by atoms with Gasteiger partial charge in [-0.1, -0.05) is 0 Å². The van der Waals surface area contributed by atoms with Gasteiger partial charge in [0.05, 0.1) is 25.4 Å². The first-order valence-corrected chi connectivity index (χ1v) is 9.14. The molecule has 6 heteroatoms. The van der Waals surface area contributed by atoms with Gasteiger partial charge in [0.25, 0.3) is 0 Å². The quantitative estimate of drug-likeness (QED) is 0.730. The van der Waals surface area contributed by atoms with Crippen LogP contribution in [0.25, 0.3) is 0 Å². The highest BCUT2D eigenvalue weighted by Gasteiger charge is 2.22. The molecule has 2 aliphatic rings. The summed E-state index contributed by atoms with van der Waals surface area (Å²) in [5.74, 6) is 0.679. The summed E-state index contributed by atoms with van der Waals surface area (Å²) in [6.07, 6.45) is 5.31. The number of ether oxygens (including phenoxy) is 5. The molecule has 0 radical (unpaired) electrons. The number of carbonyl (C=O) groups excluding carboxylic acids is 1. The van der Waals surface area contributed by atoms with Crippen molar-refractivity contribution in [3.05, 3.63) is 23.8 Å². The fraction of sp³-hybridized carbons (Fsp3) is 0.632. The van der Waals surface area contributed by atoms with Crippen LogP contribution in [-0.2, 0) is 14.2 Å². The van der Waals surface area contributed by atoms with Crippen LogP contribution in [0.3, 0.4) is 0 Å². The molecule has 25 heavy (non-hydrogen) atoms. The van der Waals surface area contributed by atoms with Gasteiger partial charge in [0.2, 0.25) is 0 Å². The summed E-state index contributed by atoms with van der Waals surface area (Å²) < 4.78 is 28.3. The number of rotatable bonds is 6. The van der Waals surface area contributed by atoms with Gasteiger partial charge in [-0.2, -0.15) is 0 Å². The van der Waals surface area contributed by atoms with Crippen LogP contribution in [0.2, 0.25) is 0 Å². The van der Waals surface area contributed by atoms with E-state index in [1.165, 1.54) is 0 Å². The summed E-state index contributed by atoms with van der Waals surface area (Å²) >= 11 is 0. The molecule has 2 fully saturated rings. The maximum absolute atomic E-state index is 12.0. The van der Waals surface area contributed by atoms with Crippen LogP contribution in [0.1, 0.15) is 55.8 Å². The molecule has 6 nitrogen and oxygen atoms in total. The van der Waals surface area contributed by atoms with Crippen LogP contribution < -0.4 is 9.47 Å². The molecule has 0 aromatic heterocycles. The molecule has 3 rings (SSSR count). The van der Waals surface area contributed by atoms with E-state index in [4.69, 9.17) is 23.7 Å². The molecular weight excluding hydrogens is 324 g/mol. The lowest BCUT2D eigenvalue weighted by Gasteiger charge is -2.27.